The summed E-state index contributed by atoms with van der Waals surface area (Å²) in [5.41, 5.74) is 0.281. The maximum Gasteiger partial charge on any atom is 0.417 e. The molecule has 1 radical (unpaired) electrons. The summed E-state index contributed by atoms with van der Waals surface area (Å²) in [6.07, 6.45) is 2.24. The summed E-state index contributed by atoms with van der Waals surface area (Å²) in [6.45, 7) is 18.1. The van der Waals surface area contributed by atoms with Crippen molar-refractivity contribution in [2.75, 3.05) is 6.61 Å². The number of imide groups is 1. The lowest BCUT2D eigenvalue weighted by Crippen LogP contribution is -2.56. The van der Waals surface area contributed by atoms with Crippen LogP contribution in [-0.4, -0.2) is 49.8 Å². The van der Waals surface area contributed by atoms with Gasteiger partial charge in [0.2, 0.25) is 14.9 Å². The Morgan fingerprint density at radius 1 is 1.11 bits per heavy atom. The first-order valence-corrected chi connectivity index (χ1v) is 15.4. The van der Waals surface area contributed by atoms with Gasteiger partial charge in [0.15, 0.2) is 0 Å². The number of carbonyl (C=O) groups is 2. The lowest BCUT2D eigenvalue weighted by molar-refractivity contribution is -0.145. The van der Waals surface area contributed by atoms with Crippen molar-refractivity contribution in [3.63, 3.8) is 0 Å². The van der Waals surface area contributed by atoms with Crippen LogP contribution in [0, 0.1) is 16.7 Å². The van der Waals surface area contributed by atoms with E-state index in [0.29, 0.717) is 0 Å². The minimum Gasteiger partial charge on any atom is -0.447 e. The van der Waals surface area contributed by atoms with Crippen LogP contribution in [0.25, 0.3) is 16.8 Å². The van der Waals surface area contributed by atoms with E-state index in [-0.39, 0.29) is 29.9 Å². The van der Waals surface area contributed by atoms with E-state index in [1.807, 2.05) is 69.3 Å². The summed E-state index contributed by atoms with van der Waals surface area (Å²) in [6, 6.07) is 11.7. The highest BCUT2D eigenvalue weighted by Crippen LogP contribution is 2.42. The molecule has 1 unspecified atom stereocenters. The van der Waals surface area contributed by atoms with Gasteiger partial charge in [-0.2, -0.15) is 0 Å². The fourth-order valence-electron chi connectivity index (χ4n) is 5.04. The van der Waals surface area contributed by atoms with Crippen molar-refractivity contribution in [2.24, 2.45) is 16.7 Å². The molecule has 3 rings (SSSR count). The standard InChI is InChI=1S/C30H42NO5Si/c1-19(2)25-18-35-28(34)31(25)27(33)30(7,26(29(4,5)6)36-37(8)9)15-14-21-10-11-22-12-13-23(20(3)32)17-24(22)16-21/h10-17,19-20,25-26,32H,18H2,1-9H3/b15-14+/t20-,25+,26?,30-/m1/s1. The first-order chi connectivity index (χ1) is 17.1. The maximum atomic E-state index is 14.3. The SMILES string of the molecule is CC(C)[C@@H]1COC(=O)N1C(=O)[C@](C)(/C=C/c1ccc2ccc([C@@H](C)O)cc2c1)C(O[Si](C)C)C(C)(C)C. The van der Waals surface area contributed by atoms with Gasteiger partial charge in [-0.15, -0.1) is 0 Å². The second-order valence-corrected chi connectivity index (χ2v) is 14.0. The third-order valence-corrected chi connectivity index (χ3v) is 7.74. The number of hydrogen-bond acceptors (Lipinski definition) is 5. The molecule has 2 amide bonds. The van der Waals surface area contributed by atoms with Crippen LogP contribution in [0.3, 0.4) is 0 Å². The first kappa shape index (κ1) is 29.1. The number of rotatable bonds is 8. The predicted octanol–water partition coefficient (Wildman–Crippen LogP) is 6.60. The first-order valence-electron chi connectivity index (χ1n) is 13.0. The number of hydrogen-bond donors (Lipinski definition) is 1. The molecule has 6 nitrogen and oxygen atoms in total. The third-order valence-electron chi connectivity index (χ3n) is 7.03. The number of cyclic esters (lactones) is 1. The molecule has 0 aromatic heterocycles. The van der Waals surface area contributed by atoms with Gasteiger partial charge in [-0.1, -0.05) is 71.0 Å². The Hall–Kier alpha value is -2.48. The number of aliphatic hydroxyl groups is 1. The third kappa shape index (κ3) is 6.33. The molecule has 2 aromatic rings. The zero-order chi connectivity index (χ0) is 27.7. The largest absolute Gasteiger partial charge is 0.447 e. The van der Waals surface area contributed by atoms with Crippen molar-refractivity contribution in [3.05, 3.63) is 53.6 Å². The van der Waals surface area contributed by atoms with Crippen LogP contribution in [0.15, 0.2) is 42.5 Å². The molecule has 1 aliphatic heterocycles. The highest BCUT2D eigenvalue weighted by atomic mass is 28.3. The molecule has 1 fully saturated rings. The van der Waals surface area contributed by atoms with Gasteiger partial charge in [0.25, 0.3) is 0 Å². The molecule has 201 valence electrons. The predicted molar refractivity (Wildman–Crippen MR) is 150 cm³/mol. The van der Waals surface area contributed by atoms with Crippen LogP contribution in [0.2, 0.25) is 13.1 Å². The number of ether oxygens (including phenoxy) is 1. The van der Waals surface area contributed by atoms with E-state index in [9.17, 15) is 14.7 Å². The molecule has 0 spiro atoms. The van der Waals surface area contributed by atoms with Gasteiger partial charge < -0.3 is 14.3 Å². The fraction of sp³-hybridized carbons (Fsp3) is 0.533. The second-order valence-electron chi connectivity index (χ2n) is 12.0. The molecule has 7 heteroatoms. The lowest BCUT2D eigenvalue weighted by Gasteiger charge is -2.44. The van der Waals surface area contributed by atoms with E-state index < -0.39 is 32.8 Å². The minimum absolute atomic E-state index is 0.0678. The van der Waals surface area contributed by atoms with Crippen molar-refractivity contribution < 1.29 is 23.9 Å². The van der Waals surface area contributed by atoms with Gasteiger partial charge in [-0.05, 0) is 72.3 Å². The molecule has 4 atom stereocenters. The number of amides is 2. The van der Waals surface area contributed by atoms with Gasteiger partial charge >= 0.3 is 6.09 Å². The number of fused-ring (bicyclic) bond motifs is 1. The minimum atomic E-state index is -1.16. The quantitative estimate of drug-likeness (QED) is 0.394. The van der Waals surface area contributed by atoms with Crippen molar-refractivity contribution in [2.45, 2.75) is 79.8 Å². The Morgan fingerprint density at radius 2 is 1.76 bits per heavy atom. The number of benzene rings is 2. The molecular weight excluding hydrogens is 482 g/mol. The molecule has 0 saturated carbocycles. The summed E-state index contributed by atoms with van der Waals surface area (Å²) in [5.74, 6) is -0.233. The lowest BCUT2D eigenvalue weighted by atomic mass is 9.70. The molecule has 2 aromatic carbocycles. The van der Waals surface area contributed by atoms with Crippen molar-refractivity contribution >= 4 is 37.9 Å². The van der Waals surface area contributed by atoms with Gasteiger partial charge in [0, 0.05) is 0 Å². The molecule has 1 aliphatic rings. The van der Waals surface area contributed by atoms with Gasteiger partial charge in [0.05, 0.1) is 23.7 Å². The van der Waals surface area contributed by atoms with Crippen LogP contribution < -0.4 is 0 Å². The Kier molecular flexibility index (Phi) is 8.72. The van der Waals surface area contributed by atoms with Crippen LogP contribution in [0.4, 0.5) is 4.79 Å². The molecular formula is C30H42NO5Si. The van der Waals surface area contributed by atoms with E-state index in [1.54, 1.807) is 6.92 Å². The highest BCUT2D eigenvalue weighted by Gasteiger charge is 2.52. The normalized spacial score (nSPS) is 20.1. The Morgan fingerprint density at radius 3 is 2.32 bits per heavy atom. The molecule has 0 bridgehead atoms. The fourth-order valence-corrected chi connectivity index (χ4v) is 6.11. The topological polar surface area (TPSA) is 76.1 Å². The molecule has 1 saturated heterocycles. The van der Waals surface area contributed by atoms with Gasteiger partial charge in [-0.25, -0.2) is 9.69 Å². The summed E-state index contributed by atoms with van der Waals surface area (Å²) in [5, 5.41) is 12.1. The van der Waals surface area contributed by atoms with Crippen molar-refractivity contribution in [3.8, 4) is 0 Å². The van der Waals surface area contributed by atoms with Crippen LogP contribution >= 0.6 is 0 Å². The van der Waals surface area contributed by atoms with E-state index in [2.05, 4.69) is 33.9 Å². The average molecular weight is 525 g/mol. The monoisotopic (exact) mass is 524 g/mol. The zero-order valence-electron chi connectivity index (χ0n) is 23.7. The number of carbonyl (C=O) groups excluding carboxylic acids is 2. The molecule has 37 heavy (non-hydrogen) atoms. The van der Waals surface area contributed by atoms with Crippen LogP contribution in [-0.2, 0) is 14.0 Å². The van der Waals surface area contributed by atoms with Gasteiger partial charge in [0.1, 0.15) is 6.61 Å². The van der Waals surface area contributed by atoms with Gasteiger partial charge in [-0.3, -0.25) is 4.79 Å². The Labute approximate surface area is 223 Å². The maximum absolute atomic E-state index is 14.3. The van der Waals surface area contributed by atoms with Crippen molar-refractivity contribution in [1.29, 1.82) is 0 Å². The Bertz CT molecular complexity index is 1170. The number of aliphatic hydroxyl groups excluding tert-OH is 1. The molecule has 1 N–H and O–H groups in total. The van der Waals surface area contributed by atoms with Crippen LogP contribution in [0.1, 0.15) is 65.7 Å². The smallest absolute Gasteiger partial charge is 0.417 e. The second kappa shape index (κ2) is 11.1. The van der Waals surface area contributed by atoms with E-state index in [4.69, 9.17) is 9.16 Å². The van der Waals surface area contributed by atoms with E-state index in [1.165, 1.54) is 4.90 Å². The van der Waals surface area contributed by atoms with Crippen LogP contribution in [0.5, 0.6) is 0 Å². The molecule has 1 heterocycles. The zero-order valence-corrected chi connectivity index (χ0v) is 24.7. The summed E-state index contributed by atoms with van der Waals surface area (Å²) >= 11 is 0. The summed E-state index contributed by atoms with van der Waals surface area (Å²) in [4.78, 5) is 28.4. The highest BCUT2D eigenvalue weighted by molar-refractivity contribution is 6.48. The summed E-state index contributed by atoms with van der Waals surface area (Å²) < 4.78 is 11.8. The van der Waals surface area contributed by atoms with E-state index in [0.717, 1.165) is 21.9 Å². The summed E-state index contributed by atoms with van der Waals surface area (Å²) in [7, 11) is -1.16. The average Bonchev–Trinajstić information content (AvgIpc) is 3.20. The van der Waals surface area contributed by atoms with E-state index >= 15 is 0 Å². The number of nitrogens with zero attached hydrogens (tertiary/aromatic N) is 1. The Balaban J connectivity index is 2.12. The molecule has 0 aliphatic carbocycles. The van der Waals surface area contributed by atoms with Crippen molar-refractivity contribution in [1.82, 2.24) is 4.90 Å².